The number of amides is 3. The van der Waals surface area contributed by atoms with E-state index in [1.165, 1.54) is 0 Å². The first-order valence-electron chi connectivity index (χ1n) is 9.82. The number of ether oxygens (including phenoxy) is 1. The predicted molar refractivity (Wildman–Crippen MR) is 118 cm³/mol. The first-order chi connectivity index (χ1) is 14.5. The van der Waals surface area contributed by atoms with Gasteiger partial charge in [-0.05, 0) is 55.0 Å². The second kappa shape index (κ2) is 12.2. The highest BCUT2D eigenvalue weighted by atomic mass is 16.5. The molecular formula is C22H28N4O4. The van der Waals surface area contributed by atoms with Gasteiger partial charge < -0.3 is 26.0 Å². The molecule has 0 spiro atoms. The van der Waals surface area contributed by atoms with Crippen molar-refractivity contribution >= 4 is 34.8 Å². The molecule has 2 rings (SSSR count). The van der Waals surface area contributed by atoms with Gasteiger partial charge in [-0.1, -0.05) is 6.92 Å². The Morgan fingerprint density at radius 2 is 1.40 bits per heavy atom. The Bertz CT molecular complexity index is 835. The normalized spacial score (nSPS) is 10.2. The number of rotatable bonds is 11. The summed E-state index contributed by atoms with van der Waals surface area (Å²) in [5.74, 6) is -0.426. The molecule has 0 saturated heterocycles. The highest BCUT2D eigenvalue weighted by molar-refractivity contribution is 5.96. The van der Waals surface area contributed by atoms with Crippen molar-refractivity contribution in [1.29, 1.82) is 0 Å². The first-order valence-corrected chi connectivity index (χ1v) is 9.82. The largest absolute Gasteiger partial charge is 0.383 e. The van der Waals surface area contributed by atoms with E-state index in [1.807, 2.05) is 6.92 Å². The number of carbonyl (C=O) groups excluding carboxylic acids is 3. The van der Waals surface area contributed by atoms with Crippen LogP contribution in [0.15, 0.2) is 48.5 Å². The Kier molecular flexibility index (Phi) is 9.33. The maximum atomic E-state index is 12.1. The molecule has 0 fully saturated rings. The Hall–Kier alpha value is -3.39. The van der Waals surface area contributed by atoms with Gasteiger partial charge in [-0.3, -0.25) is 14.4 Å². The average Bonchev–Trinajstić information content (AvgIpc) is 2.74. The summed E-state index contributed by atoms with van der Waals surface area (Å²) in [6.07, 6.45) is 1.28. The number of methoxy groups -OCH3 is 1. The van der Waals surface area contributed by atoms with Crippen LogP contribution >= 0.6 is 0 Å². The molecule has 3 amide bonds. The summed E-state index contributed by atoms with van der Waals surface area (Å²) in [5.41, 5.74) is 2.59. The molecule has 0 unspecified atom stereocenters. The summed E-state index contributed by atoms with van der Waals surface area (Å²) in [7, 11) is 1.57. The molecule has 4 N–H and O–H groups in total. The van der Waals surface area contributed by atoms with E-state index in [9.17, 15) is 14.4 Å². The van der Waals surface area contributed by atoms with Gasteiger partial charge >= 0.3 is 0 Å². The van der Waals surface area contributed by atoms with Crippen LogP contribution in [-0.4, -0.2) is 44.5 Å². The molecule has 0 aliphatic rings. The average molecular weight is 412 g/mol. The van der Waals surface area contributed by atoms with Gasteiger partial charge in [-0.2, -0.15) is 0 Å². The highest BCUT2D eigenvalue weighted by Gasteiger charge is 2.07. The lowest BCUT2D eigenvalue weighted by Crippen LogP contribution is -2.27. The predicted octanol–water partition coefficient (Wildman–Crippen LogP) is 2.85. The van der Waals surface area contributed by atoms with Crippen LogP contribution in [0, 0.1) is 0 Å². The van der Waals surface area contributed by atoms with Crippen molar-refractivity contribution in [3.8, 4) is 0 Å². The molecule has 160 valence electrons. The summed E-state index contributed by atoms with van der Waals surface area (Å²) in [6, 6.07) is 13.8. The van der Waals surface area contributed by atoms with Gasteiger partial charge in [-0.15, -0.1) is 0 Å². The van der Waals surface area contributed by atoms with Gasteiger partial charge in [0.1, 0.15) is 0 Å². The fraction of sp³-hybridized carbons (Fsp3) is 0.318. The summed E-state index contributed by atoms with van der Waals surface area (Å²) in [5, 5.41) is 11.3. The molecule has 0 aliphatic heterocycles. The van der Waals surface area contributed by atoms with Crippen molar-refractivity contribution in [1.82, 2.24) is 5.32 Å². The maximum Gasteiger partial charge on any atom is 0.251 e. The van der Waals surface area contributed by atoms with Crippen LogP contribution in [0.2, 0.25) is 0 Å². The van der Waals surface area contributed by atoms with E-state index >= 15 is 0 Å². The summed E-state index contributed by atoms with van der Waals surface area (Å²) < 4.78 is 4.89. The van der Waals surface area contributed by atoms with Crippen molar-refractivity contribution in [3.63, 3.8) is 0 Å². The number of anilines is 3. The molecule has 2 aromatic rings. The number of hydrogen-bond acceptors (Lipinski definition) is 5. The third-order valence-corrected chi connectivity index (χ3v) is 4.12. The number of nitrogens with one attached hydrogen (secondary N) is 4. The quantitative estimate of drug-likeness (QED) is 0.425. The van der Waals surface area contributed by atoms with Crippen LogP contribution in [0.3, 0.4) is 0 Å². The molecule has 0 aliphatic carbocycles. The van der Waals surface area contributed by atoms with Gasteiger partial charge in [0.15, 0.2) is 0 Å². The Balaban J connectivity index is 1.77. The van der Waals surface area contributed by atoms with Crippen molar-refractivity contribution in [3.05, 3.63) is 54.1 Å². The molecule has 0 saturated carbocycles. The van der Waals surface area contributed by atoms with Crippen LogP contribution < -0.4 is 21.3 Å². The van der Waals surface area contributed by atoms with Crippen LogP contribution in [0.4, 0.5) is 17.1 Å². The fourth-order valence-corrected chi connectivity index (χ4v) is 2.58. The van der Waals surface area contributed by atoms with Crippen molar-refractivity contribution in [2.45, 2.75) is 19.8 Å². The van der Waals surface area contributed by atoms with E-state index in [-0.39, 0.29) is 24.3 Å². The molecule has 0 radical (unpaired) electrons. The van der Waals surface area contributed by atoms with Crippen molar-refractivity contribution in [2.75, 3.05) is 42.8 Å². The van der Waals surface area contributed by atoms with Crippen LogP contribution in [0.1, 0.15) is 30.1 Å². The zero-order chi connectivity index (χ0) is 21.8. The zero-order valence-corrected chi connectivity index (χ0v) is 17.3. The number of hydrogen-bond donors (Lipinski definition) is 4. The van der Waals surface area contributed by atoms with E-state index in [4.69, 9.17) is 4.74 Å². The van der Waals surface area contributed by atoms with Crippen molar-refractivity contribution < 1.29 is 19.1 Å². The molecule has 30 heavy (non-hydrogen) atoms. The summed E-state index contributed by atoms with van der Waals surface area (Å²) >= 11 is 0. The SMILES string of the molecule is CCCC(=O)Nc1ccc(NCC(=O)Nc2ccc(C(=O)NCCOC)cc2)cc1. The minimum absolute atomic E-state index is 0.0175. The lowest BCUT2D eigenvalue weighted by atomic mass is 10.2. The molecule has 8 heteroatoms. The standard InChI is InChI=1S/C22H28N4O4/c1-3-4-20(27)25-19-11-9-17(10-12-19)24-15-21(28)26-18-7-5-16(6-8-18)22(29)23-13-14-30-2/h5-12,24H,3-4,13-15H2,1-2H3,(H,23,29)(H,25,27)(H,26,28). The second-order valence-electron chi connectivity index (χ2n) is 6.60. The van der Waals surface area contributed by atoms with Gasteiger partial charge in [0.05, 0.1) is 13.2 Å². The molecule has 0 heterocycles. The van der Waals surface area contributed by atoms with E-state index in [2.05, 4.69) is 21.3 Å². The molecule has 2 aromatic carbocycles. The smallest absolute Gasteiger partial charge is 0.251 e. The Labute approximate surface area is 176 Å². The van der Waals surface area contributed by atoms with E-state index in [0.717, 1.165) is 17.8 Å². The summed E-state index contributed by atoms with van der Waals surface area (Å²) in [4.78, 5) is 35.7. The monoisotopic (exact) mass is 412 g/mol. The van der Waals surface area contributed by atoms with Gasteiger partial charge in [0.25, 0.3) is 5.91 Å². The van der Waals surface area contributed by atoms with Crippen molar-refractivity contribution in [2.24, 2.45) is 0 Å². The van der Waals surface area contributed by atoms with Gasteiger partial charge in [0.2, 0.25) is 11.8 Å². The second-order valence-corrected chi connectivity index (χ2v) is 6.60. The molecule has 0 atom stereocenters. The molecule has 0 aromatic heterocycles. The minimum Gasteiger partial charge on any atom is -0.383 e. The Morgan fingerprint density at radius 3 is 2.00 bits per heavy atom. The number of carbonyl (C=O) groups is 3. The van der Waals surface area contributed by atoms with Gasteiger partial charge in [0, 0.05) is 42.7 Å². The van der Waals surface area contributed by atoms with Crippen LogP contribution in [0.25, 0.3) is 0 Å². The summed E-state index contributed by atoms with van der Waals surface area (Å²) in [6.45, 7) is 2.92. The first kappa shape index (κ1) is 22.9. The van der Waals surface area contributed by atoms with E-state index in [0.29, 0.717) is 30.8 Å². The highest BCUT2D eigenvalue weighted by Crippen LogP contribution is 2.14. The lowest BCUT2D eigenvalue weighted by Gasteiger charge is -2.10. The molecule has 8 nitrogen and oxygen atoms in total. The van der Waals surface area contributed by atoms with E-state index < -0.39 is 0 Å². The maximum absolute atomic E-state index is 12.1. The van der Waals surface area contributed by atoms with Gasteiger partial charge in [-0.25, -0.2) is 0 Å². The lowest BCUT2D eigenvalue weighted by molar-refractivity contribution is -0.116. The Morgan fingerprint density at radius 1 is 0.833 bits per heavy atom. The van der Waals surface area contributed by atoms with Crippen LogP contribution in [0.5, 0.6) is 0 Å². The molecule has 0 bridgehead atoms. The minimum atomic E-state index is -0.215. The topological polar surface area (TPSA) is 109 Å². The molecular weight excluding hydrogens is 384 g/mol. The van der Waals surface area contributed by atoms with Crippen LogP contribution in [-0.2, 0) is 14.3 Å². The van der Waals surface area contributed by atoms with E-state index in [1.54, 1.807) is 55.6 Å². The number of benzene rings is 2. The third kappa shape index (κ3) is 7.92. The zero-order valence-electron chi connectivity index (χ0n) is 17.3. The third-order valence-electron chi connectivity index (χ3n) is 4.12. The fourth-order valence-electron chi connectivity index (χ4n) is 2.58.